The number of benzene rings is 12. The fourth-order valence-corrected chi connectivity index (χ4v) is 11.1. The van der Waals surface area contributed by atoms with Gasteiger partial charge in [0.05, 0.1) is 11.0 Å². The van der Waals surface area contributed by atoms with Crippen molar-refractivity contribution in [1.29, 1.82) is 0 Å². The lowest BCUT2D eigenvalue weighted by Crippen LogP contribution is -2.10. The van der Waals surface area contributed by atoms with Gasteiger partial charge in [0, 0.05) is 33.5 Å². The maximum absolute atomic E-state index is 2.46. The monoisotopic (exact) mass is 810 g/mol. The van der Waals surface area contributed by atoms with Gasteiger partial charge in [-0.25, -0.2) is 0 Å². The second-order valence-electron chi connectivity index (χ2n) is 17.2. The fraction of sp³-hybridized carbons (Fsp3) is 0. The smallest absolute Gasteiger partial charge is 0.0541 e. The van der Waals surface area contributed by atoms with Crippen molar-refractivity contribution in [1.82, 2.24) is 4.57 Å². The van der Waals surface area contributed by atoms with Crippen LogP contribution in [0.3, 0.4) is 0 Å². The molecule has 0 aliphatic carbocycles. The van der Waals surface area contributed by atoms with Crippen molar-refractivity contribution < 1.29 is 0 Å². The topological polar surface area (TPSA) is 8.17 Å². The lowest BCUT2D eigenvalue weighted by atomic mass is 9.87. The zero-order valence-corrected chi connectivity index (χ0v) is 34.8. The Kier molecular flexibility index (Phi) is 7.43. The molecular formula is C62H38N2. The maximum atomic E-state index is 2.46. The van der Waals surface area contributed by atoms with E-state index in [9.17, 15) is 0 Å². The largest absolute Gasteiger partial charge is 0.310 e. The first-order valence-electron chi connectivity index (χ1n) is 22.2. The molecule has 0 N–H and O–H groups in total. The quantitative estimate of drug-likeness (QED) is 0.157. The summed E-state index contributed by atoms with van der Waals surface area (Å²) < 4.78 is 2.39. The van der Waals surface area contributed by atoms with Crippen molar-refractivity contribution in [3.8, 4) is 16.8 Å². The zero-order valence-electron chi connectivity index (χ0n) is 34.8. The predicted molar refractivity (Wildman–Crippen MR) is 275 cm³/mol. The van der Waals surface area contributed by atoms with Gasteiger partial charge in [-0.15, -0.1) is 0 Å². The van der Waals surface area contributed by atoms with Gasteiger partial charge in [0.1, 0.15) is 0 Å². The van der Waals surface area contributed by atoms with E-state index >= 15 is 0 Å². The van der Waals surface area contributed by atoms with Crippen molar-refractivity contribution in [2.24, 2.45) is 0 Å². The minimum Gasteiger partial charge on any atom is -0.310 e. The van der Waals surface area contributed by atoms with E-state index in [4.69, 9.17) is 0 Å². The molecule has 13 aromatic carbocycles. The van der Waals surface area contributed by atoms with Crippen LogP contribution in [-0.4, -0.2) is 4.57 Å². The van der Waals surface area contributed by atoms with Crippen LogP contribution in [0, 0.1) is 0 Å². The van der Waals surface area contributed by atoms with Crippen LogP contribution in [0.5, 0.6) is 0 Å². The first-order valence-corrected chi connectivity index (χ1v) is 22.2. The van der Waals surface area contributed by atoms with Crippen LogP contribution in [0.25, 0.3) is 114 Å². The van der Waals surface area contributed by atoms with Gasteiger partial charge in [-0.05, 0) is 147 Å². The number of nitrogens with zero attached hydrogens (tertiary/aromatic N) is 2. The number of hydrogen-bond donors (Lipinski definition) is 0. The van der Waals surface area contributed by atoms with E-state index in [1.165, 1.54) is 108 Å². The van der Waals surface area contributed by atoms with Crippen molar-refractivity contribution in [3.63, 3.8) is 0 Å². The third-order valence-corrected chi connectivity index (χ3v) is 13.8. The summed E-state index contributed by atoms with van der Waals surface area (Å²) >= 11 is 0. The Balaban J connectivity index is 1.04. The van der Waals surface area contributed by atoms with Gasteiger partial charge in [0.15, 0.2) is 0 Å². The highest BCUT2D eigenvalue weighted by molar-refractivity contribution is 6.37. The molecule has 0 spiro atoms. The first-order chi connectivity index (χ1) is 31.7. The highest BCUT2D eigenvalue weighted by Gasteiger charge is 2.20. The van der Waals surface area contributed by atoms with E-state index in [2.05, 4.69) is 240 Å². The SMILES string of the molecule is c1ccc2c(-c3ccc(N(c4ccc(-n5c6ccccc6c6ccccc65)cc4)c4cc5ccc6cccc7c8cccc9ccc%10cccc(c(c4)c5c67)c%10c98)cc3)cccc2c1. The molecule has 2 nitrogen and oxygen atoms in total. The lowest BCUT2D eigenvalue weighted by molar-refractivity contribution is 1.17. The molecule has 0 fully saturated rings. The number of aromatic nitrogens is 1. The van der Waals surface area contributed by atoms with Crippen LogP contribution in [0.2, 0.25) is 0 Å². The third kappa shape index (κ3) is 5.08. The summed E-state index contributed by atoms with van der Waals surface area (Å²) in [6.45, 7) is 0. The molecule has 0 amide bonds. The van der Waals surface area contributed by atoms with E-state index < -0.39 is 0 Å². The fourth-order valence-electron chi connectivity index (χ4n) is 11.1. The Hall–Kier alpha value is -8.46. The molecule has 0 saturated heterocycles. The molecule has 296 valence electrons. The number of hydrogen-bond acceptors (Lipinski definition) is 1. The minimum absolute atomic E-state index is 1.09. The Morgan fingerprint density at radius 2 is 0.703 bits per heavy atom. The van der Waals surface area contributed by atoms with Crippen LogP contribution in [0.4, 0.5) is 17.1 Å². The Bertz CT molecular complexity index is 4110. The molecule has 1 heterocycles. The number of rotatable bonds is 5. The molecule has 0 aliphatic heterocycles. The molecule has 0 unspecified atom stereocenters. The average molecular weight is 811 g/mol. The predicted octanol–water partition coefficient (Wildman–Crippen LogP) is 17.4. The Morgan fingerprint density at radius 1 is 0.266 bits per heavy atom. The average Bonchev–Trinajstić information content (AvgIpc) is 3.70. The van der Waals surface area contributed by atoms with Gasteiger partial charge in [-0.2, -0.15) is 0 Å². The molecule has 2 heteroatoms. The van der Waals surface area contributed by atoms with Crippen LogP contribution in [0.15, 0.2) is 231 Å². The molecule has 0 radical (unpaired) electrons. The maximum Gasteiger partial charge on any atom is 0.0541 e. The van der Waals surface area contributed by atoms with Crippen molar-refractivity contribution in [2.75, 3.05) is 4.90 Å². The second-order valence-corrected chi connectivity index (χ2v) is 17.2. The summed E-state index contributed by atoms with van der Waals surface area (Å²) in [5.74, 6) is 0. The summed E-state index contributed by atoms with van der Waals surface area (Å²) in [7, 11) is 0. The molecule has 0 saturated carbocycles. The van der Waals surface area contributed by atoms with Crippen LogP contribution >= 0.6 is 0 Å². The molecule has 0 bridgehead atoms. The summed E-state index contributed by atoms with van der Waals surface area (Å²) in [6, 6.07) is 85.6. The van der Waals surface area contributed by atoms with E-state index in [-0.39, 0.29) is 0 Å². The van der Waals surface area contributed by atoms with Gasteiger partial charge >= 0.3 is 0 Å². The number of anilines is 3. The highest BCUT2D eigenvalue weighted by Crippen LogP contribution is 2.47. The summed E-state index contributed by atoms with van der Waals surface area (Å²) in [6.07, 6.45) is 0. The highest BCUT2D eigenvalue weighted by atomic mass is 15.1. The van der Waals surface area contributed by atoms with E-state index in [0.29, 0.717) is 0 Å². The van der Waals surface area contributed by atoms with E-state index in [1.54, 1.807) is 0 Å². The van der Waals surface area contributed by atoms with Crippen molar-refractivity contribution in [3.05, 3.63) is 231 Å². The Morgan fingerprint density at radius 3 is 1.31 bits per heavy atom. The van der Waals surface area contributed by atoms with Gasteiger partial charge in [0.2, 0.25) is 0 Å². The van der Waals surface area contributed by atoms with Crippen molar-refractivity contribution in [2.45, 2.75) is 0 Å². The summed E-state index contributed by atoms with van der Waals surface area (Å²) in [4.78, 5) is 2.45. The molecule has 1 aromatic heterocycles. The molecule has 14 aromatic rings. The normalized spacial score (nSPS) is 12.1. The second kappa shape index (κ2) is 13.5. The molecule has 0 atom stereocenters. The molecule has 0 aliphatic rings. The van der Waals surface area contributed by atoms with Gasteiger partial charge in [-0.3, -0.25) is 0 Å². The lowest BCUT2D eigenvalue weighted by Gasteiger charge is -2.27. The van der Waals surface area contributed by atoms with Gasteiger partial charge in [-0.1, -0.05) is 170 Å². The first kappa shape index (κ1) is 35.2. The van der Waals surface area contributed by atoms with Crippen molar-refractivity contribution >= 4 is 114 Å². The minimum atomic E-state index is 1.09. The van der Waals surface area contributed by atoms with Crippen LogP contribution in [0.1, 0.15) is 0 Å². The molecule has 14 rings (SSSR count). The standard InChI is InChI=1S/C62H38N2/c1-2-16-49-39(11-1)12-7-19-50(49)40-29-31-45(32-30-40)63(46-33-35-47(36-34-46)64-57-23-5-3-17-51(57)52-18-4-6-24-58(52)64)48-37-44-28-27-43-14-9-21-54-53-20-8-13-41-25-26-42-15-10-22-55(61(42)59(41)53)56(38-48)62(44)60(43)54/h1-38H. The van der Waals surface area contributed by atoms with Crippen LogP contribution in [-0.2, 0) is 0 Å². The Labute approximate surface area is 369 Å². The summed E-state index contributed by atoms with van der Waals surface area (Å²) in [5, 5.41) is 20.3. The molecular weight excluding hydrogens is 773 g/mol. The summed E-state index contributed by atoms with van der Waals surface area (Å²) in [5.41, 5.74) is 9.27. The van der Waals surface area contributed by atoms with E-state index in [1.807, 2.05) is 0 Å². The molecule has 64 heavy (non-hydrogen) atoms. The van der Waals surface area contributed by atoms with Gasteiger partial charge < -0.3 is 9.47 Å². The zero-order chi connectivity index (χ0) is 41.9. The third-order valence-electron chi connectivity index (χ3n) is 13.8. The number of para-hydroxylation sites is 2. The number of fused-ring (bicyclic) bond motifs is 6. The van der Waals surface area contributed by atoms with E-state index in [0.717, 1.165) is 22.7 Å². The van der Waals surface area contributed by atoms with Crippen LogP contribution < -0.4 is 4.90 Å². The van der Waals surface area contributed by atoms with Gasteiger partial charge in [0.25, 0.3) is 0 Å².